The van der Waals surface area contributed by atoms with E-state index in [-0.39, 0.29) is 55.5 Å². The monoisotopic (exact) mass is 1460 g/mol. The van der Waals surface area contributed by atoms with Gasteiger partial charge in [0, 0.05) is 33.6 Å². The van der Waals surface area contributed by atoms with Crippen LogP contribution in [0.15, 0.2) is 92.6 Å². The van der Waals surface area contributed by atoms with Crippen LogP contribution in [0.3, 0.4) is 0 Å². The van der Waals surface area contributed by atoms with Crippen molar-refractivity contribution in [3.63, 3.8) is 0 Å². The fraction of sp³-hybridized carbons (Fsp3) is 0.589. The number of hydrogen-bond acceptors (Lipinski definition) is 20. The number of nitrogens with zero attached hydrogens (tertiary/aromatic N) is 2. The molecule has 2 unspecified atom stereocenters. The van der Waals surface area contributed by atoms with Crippen molar-refractivity contribution in [2.24, 2.45) is 11.8 Å². The Bertz CT molecular complexity index is 3510. The molecule has 27 nitrogen and oxygen atoms in total. The second-order valence-corrected chi connectivity index (χ2v) is 33.8. The Morgan fingerprint density at radius 3 is 1.21 bits per heavy atom. The minimum atomic E-state index is -4.24. The summed E-state index contributed by atoms with van der Waals surface area (Å²) < 4.78 is 131. The number of likely N-dealkylation sites (tertiary alicyclic amines) is 2. The summed E-state index contributed by atoms with van der Waals surface area (Å²) in [6, 6.07) is 9.15. The van der Waals surface area contributed by atoms with Gasteiger partial charge in [0.15, 0.2) is 0 Å². The average molecular weight is 1460 g/mol. The number of alkyl carbamates (subject to hydrolysis) is 1. The molecule has 2 heterocycles. The van der Waals surface area contributed by atoms with Gasteiger partial charge in [0.2, 0.25) is 26.0 Å². The predicted molar refractivity (Wildman–Crippen MR) is 329 cm³/mol. The summed E-state index contributed by atoms with van der Waals surface area (Å²) in [6.45, 7) is 21.8. The molecule has 0 bridgehead atoms. The maximum Gasteiger partial charge on any atom is 0.411 e. The number of carbonyl (C=O) groups is 7. The summed E-state index contributed by atoms with van der Waals surface area (Å²) in [4.78, 5) is 89.4. The summed E-state index contributed by atoms with van der Waals surface area (Å²) in [5.74, 6) is -4.48. The van der Waals surface area contributed by atoms with E-state index in [0.717, 1.165) is 9.80 Å². The van der Waals surface area contributed by atoms with Crippen molar-refractivity contribution in [3.05, 3.63) is 82.8 Å². The highest BCUT2D eigenvalue weighted by Gasteiger charge is 2.63. The van der Waals surface area contributed by atoms with E-state index in [1.807, 2.05) is 0 Å². The maximum absolute atomic E-state index is 13.5. The van der Waals surface area contributed by atoms with Gasteiger partial charge in [0.25, 0.3) is 32.1 Å². The van der Waals surface area contributed by atoms with E-state index in [0.29, 0.717) is 41.0 Å². The standard InChI is InChI=1S/C25H32BrN3O9S2.C16H20BrNO7S.C14H22N2O5S.CH4/c1-5-15-13-25(15,22(31)28-39(33,34)18-10-11-18)27-21(30)20-12-17(14-29(20)23(32)37-24(2,3)4)38-40(35,36)19-8-6-16(26)7-9-19;1-16(2,3)24-15(21)18-9-11(8-13(18)14(19)20)25-26(22,23)12-6-4-10(17)5-7-12;1-5-9-8-14(9,15-12(18)21-13(2,3)4)11(17)16-22(19,20)10-6-7-10;/h5-9,15,17-18,20H,1,10-14H2,2-4H3,(H,27,30)(H,28,31);4-7,11,13H,8-9H2,1-3H3,(H,19,20);5,9-10H,1,6-8H2,2-4H3,(H,15,18)(H,16,17);1H4/t15?,17-,20-,25+;11-,13-;9?,14-;/m001./s1. The molecule has 6 fully saturated rings. The lowest BCUT2D eigenvalue weighted by Crippen LogP contribution is -2.56. The van der Waals surface area contributed by atoms with Crippen molar-refractivity contribution >= 4 is 114 Å². The molecule has 2 aromatic rings. The molecule has 0 aromatic heterocycles. The minimum Gasteiger partial charge on any atom is -0.480 e. The summed E-state index contributed by atoms with van der Waals surface area (Å²) >= 11 is 6.45. The third-order valence-corrected chi connectivity index (χ3v) is 21.4. The maximum atomic E-state index is 13.5. The Balaban J connectivity index is 0.000000256. The molecule has 0 spiro atoms. The molecule has 6 aliphatic rings. The number of carbonyl (C=O) groups excluding carboxylic acids is 6. The largest absolute Gasteiger partial charge is 0.480 e. The quantitative estimate of drug-likeness (QED) is 0.0602. The van der Waals surface area contributed by atoms with Crippen LogP contribution >= 0.6 is 31.9 Å². The number of sulfonamides is 2. The summed E-state index contributed by atoms with van der Waals surface area (Å²) in [5, 5.41) is 13.3. The molecule has 0 radical (unpaired) electrons. The summed E-state index contributed by atoms with van der Waals surface area (Å²) in [7, 11) is -15.9. The van der Waals surface area contributed by atoms with Gasteiger partial charge >= 0.3 is 24.2 Å². The minimum absolute atomic E-state index is 0. The number of carboxylic acids is 1. The fourth-order valence-electron chi connectivity index (χ4n) is 9.15. The van der Waals surface area contributed by atoms with Crippen molar-refractivity contribution in [3.8, 4) is 0 Å². The van der Waals surface area contributed by atoms with Crippen LogP contribution in [-0.2, 0) is 82.0 Å². The lowest BCUT2D eigenvalue weighted by Gasteiger charge is -2.29. The van der Waals surface area contributed by atoms with Crippen LogP contribution in [0.25, 0.3) is 0 Å². The van der Waals surface area contributed by atoms with Crippen LogP contribution in [0.5, 0.6) is 0 Å². The van der Waals surface area contributed by atoms with Gasteiger partial charge in [-0.3, -0.25) is 42.0 Å². The first-order valence-corrected chi connectivity index (χ1v) is 35.2. The average Bonchev–Trinajstić information content (AvgIpc) is 1.84. The Morgan fingerprint density at radius 1 is 0.562 bits per heavy atom. The van der Waals surface area contributed by atoms with Gasteiger partial charge in [-0.2, -0.15) is 16.8 Å². The molecule has 2 aliphatic heterocycles. The normalized spacial score (nSPS) is 24.9. The Kier molecular flexibility index (Phi) is 23.0. The van der Waals surface area contributed by atoms with E-state index in [4.69, 9.17) is 22.6 Å². The van der Waals surface area contributed by atoms with E-state index in [1.165, 1.54) is 48.6 Å². The molecular weight excluding hydrogens is 1380 g/mol. The zero-order valence-electron chi connectivity index (χ0n) is 49.8. The molecule has 5 N–H and O–H groups in total. The number of aliphatic carboxylic acids is 1. The van der Waals surface area contributed by atoms with Crippen LogP contribution < -0.4 is 20.1 Å². The van der Waals surface area contributed by atoms with Crippen molar-refractivity contribution in [2.75, 3.05) is 13.1 Å². The smallest absolute Gasteiger partial charge is 0.411 e. The van der Waals surface area contributed by atoms with E-state index >= 15 is 0 Å². The second-order valence-electron chi connectivity index (χ2n) is 24.9. The number of hydrogen-bond donors (Lipinski definition) is 5. The first kappa shape index (κ1) is 74.0. The molecule has 4 saturated carbocycles. The van der Waals surface area contributed by atoms with Gasteiger partial charge < -0.3 is 30.0 Å². The molecule has 89 heavy (non-hydrogen) atoms. The molecular formula is C56H78Br2N6O21S4. The molecule has 496 valence electrons. The fourth-order valence-corrected chi connectivity index (χ4v) is 14.6. The second kappa shape index (κ2) is 27.6. The first-order chi connectivity index (χ1) is 40.4. The van der Waals surface area contributed by atoms with Crippen LogP contribution in [0.4, 0.5) is 14.4 Å². The Hall–Kier alpha value is -5.71. The predicted octanol–water partition coefficient (Wildman–Crippen LogP) is 6.52. The van der Waals surface area contributed by atoms with Crippen molar-refractivity contribution in [1.29, 1.82) is 0 Å². The number of ether oxygens (including phenoxy) is 3. The molecule has 33 heteroatoms. The van der Waals surface area contributed by atoms with Crippen LogP contribution in [0.2, 0.25) is 0 Å². The molecule has 6 amide bonds. The number of benzene rings is 2. The van der Waals surface area contributed by atoms with E-state index in [1.54, 1.807) is 74.4 Å². The van der Waals surface area contributed by atoms with E-state index < -0.39 is 151 Å². The molecule has 8 rings (SSSR count). The van der Waals surface area contributed by atoms with Gasteiger partial charge in [-0.1, -0.05) is 51.4 Å². The van der Waals surface area contributed by atoms with Gasteiger partial charge in [0.1, 0.15) is 40.0 Å². The third kappa shape index (κ3) is 19.9. The van der Waals surface area contributed by atoms with Crippen LogP contribution in [-0.4, -0.2) is 166 Å². The molecule has 2 aromatic carbocycles. The van der Waals surface area contributed by atoms with Gasteiger partial charge in [-0.05, 0) is 149 Å². The highest BCUT2D eigenvalue weighted by Crippen LogP contribution is 2.47. The zero-order valence-corrected chi connectivity index (χ0v) is 56.2. The lowest BCUT2D eigenvalue weighted by molar-refractivity contribution is -0.142. The number of amides is 6. The van der Waals surface area contributed by atoms with Crippen molar-refractivity contribution in [2.45, 2.75) is 194 Å². The number of rotatable bonds is 18. The topological polar surface area (TPSA) is 377 Å². The van der Waals surface area contributed by atoms with Gasteiger partial charge in [-0.25, -0.2) is 36.0 Å². The molecule has 4 aliphatic carbocycles. The van der Waals surface area contributed by atoms with Crippen molar-refractivity contribution in [1.82, 2.24) is 29.9 Å². The van der Waals surface area contributed by atoms with Crippen molar-refractivity contribution < 1.29 is 94.9 Å². The van der Waals surface area contributed by atoms with E-state index in [9.17, 15) is 72.3 Å². The molecule has 2 saturated heterocycles. The first-order valence-electron chi connectivity index (χ1n) is 27.7. The van der Waals surface area contributed by atoms with Crippen LogP contribution in [0, 0.1) is 11.8 Å². The number of nitrogens with one attached hydrogen (secondary N) is 4. The van der Waals surface area contributed by atoms with Crippen LogP contribution in [0.1, 0.15) is 121 Å². The Morgan fingerprint density at radius 2 is 0.899 bits per heavy atom. The van der Waals surface area contributed by atoms with Gasteiger partial charge in [-0.15, -0.1) is 13.2 Å². The highest BCUT2D eigenvalue weighted by molar-refractivity contribution is 9.10. The zero-order chi connectivity index (χ0) is 66.1. The lowest BCUT2D eigenvalue weighted by atomic mass is 10.1. The Labute approximate surface area is 536 Å². The highest BCUT2D eigenvalue weighted by atomic mass is 79.9. The summed E-state index contributed by atoms with van der Waals surface area (Å²) in [6.07, 6.45) is 0.535. The number of halogens is 2. The molecule has 8 atom stereocenters. The third-order valence-electron chi connectivity index (χ3n) is 14.0. The summed E-state index contributed by atoms with van der Waals surface area (Å²) in [5.41, 5.74) is -5.28. The van der Waals surface area contributed by atoms with E-state index in [2.05, 4.69) is 65.1 Å². The number of carboxylic acid groups (broad SMARTS) is 1. The SMILES string of the molecule is C.C=CC1C[C@]1(NC(=O)OC(C)(C)C)C(=O)NS(=O)(=O)C1CC1.C=CC1C[C@]1(NC(=O)[C@@H]1C[C@H](OS(=O)(=O)c2ccc(Br)cc2)CN1C(=O)OC(C)(C)C)C(=O)NS(=O)(=O)C1CC1.CC(C)(C)OC(=O)N1C[C@@H](OS(=O)(=O)c2ccc(Br)cc2)C[C@H]1C(=O)O. The van der Waals surface area contributed by atoms with Gasteiger partial charge in [0.05, 0.1) is 45.6 Å².